The maximum absolute atomic E-state index is 11.5. The summed E-state index contributed by atoms with van der Waals surface area (Å²) >= 11 is 0. The summed E-state index contributed by atoms with van der Waals surface area (Å²) in [6, 6.07) is 2.33. The zero-order valence-corrected chi connectivity index (χ0v) is 8.34. The van der Waals surface area contributed by atoms with Crippen LogP contribution in [0.2, 0.25) is 0 Å². The Bertz CT molecular complexity index is 463. The van der Waals surface area contributed by atoms with Gasteiger partial charge in [-0.15, -0.1) is 0 Å². The molecule has 2 N–H and O–H groups in total. The molecule has 0 aliphatic carbocycles. The molecule has 0 aromatic carbocycles. The molecular formula is C10H10N2O4. The number of carbonyl (C=O) groups excluding carboxylic acids is 3. The quantitative estimate of drug-likeness (QED) is 0.527. The zero-order valence-electron chi connectivity index (χ0n) is 8.34. The number of imide groups is 1. The molecule has 2 amide bonds. The number of hydrogen-bond acceptors (Lipinski definition) is 4. The third kappa shape index (κ3) is 1.53. The van der Waals surface area contributed by atoms with Gasteiger partial charge < -0.3 is 9.67 Å². The molecule has 1 fully saturated rings. The molecule has 1 aromatic rings. The van der Waals surface area contributed by atoms with Crippen LogP contribution in [-0.4, -0.2) is 27.8 Å². The first-order valence-electron chi connectivity index (χ1n) is 4.77. The van der Waals surface area contributed by atoms with Gasteiger partial charge in [0.2, 0.25) is 11.8 Å². The number of nitrogens with one attached hydrogen (secondary N) is 1. The Hall–Kier alpha value is -1.95. The summed E-state index contributed by atoms with van der Waals surface area (Å²) in [6.07, 6.45) is 0.594. The molecule has 0 bridgehead atoms. The van der Waals surface area contributed by atoms with Crippen molar-refractivity contribution in [3.05, 3.63) is 23.5 Å². The average molecular weight is 222 g/mol. The van der Waals surface area contributed by atoms with Crippen LogP contribution in [0.25, 0.3) is 0 Å². The minimum Gasteiger partial charge on any atom is -0.390 e. The standard InChI is InChI=1S/C10H10N2O4/c13-4-6-1-2-7(5-14)12(6)8-3-9(15)11-10(8)16/h1-2,4,8,14H,3,5H2,(H,11,15,16). The summed E-state index contributed by atoms with van der Waals surface area (Å²) in [5.41, 5.74) is 0.718. The van der Waals surface area contributed by atoms with Gasteiger partial charge in [-0.05, 0) is 12.1 Å². The Balaban J connectivity index is 2.45. The van der Waals surface area contributed by atoms with E-state index in [-0.39, 0.29) is 24.6 Å². The molecule has 1 aliphatic rings. The number of aromatic nitrogens is 1. The molecule has 84 valence electrons. The van der Waals surface area contributed by atoms with Crippen LogP contribution in [-0.2, 0) is 16.2 Å². The molecule has 6 heteroatoms. The lowest BCUT2D eigenvalue weighted by Crippen LogP contribution is -2.25. The highest BCUT2D eigenvalue weighted by Gasteiger charge is 2.33. The van der Waals surface area contributed by atoms with Crippen molar-refractivity contribution in [2.75, 3.05) is 0 Å². The number of rotatable bonds is 3. The largest absolute Gasteiger partial charge is 0.390 e. The van der Waals surface area contributed by atoms with E-state index in [1.165, 1.54) is 10.6 Å². The molecule has 2 heterocycles. The Kier molecular flexibility index (Phi) is 2.57. The highest BCUT2D eigenvalue weighted by molar-refractivity contribution is 6.04. The average Bonchev–Trinajstić information content (AvgIpc) is 2.80. The van der Waals surface area contributed by atoms with Crippen molar-refractivity contribution >= 4 is 18.1 Å². The fourth-order valence-electron chi connectivity index (χ4n) is 1.86. The molecule has 1 atom stereocenters. The van der Waals surface area contributed by atoms with Crippen LogP contribution in [0.1, 0.15) is 28.6 Å². The highest BCUT2D eigenvalue weighted by Crippen LogP contribution is 2.22. The Labute approximate surface area is 90.9 Å². The van der Waals surface area contributed by atoms with Gasteiger partial charge in [0.1, 0.15) is 6.04 Å². The zero-order chi connectivity index (χ0) is 11.7. The summed E-state index contributed by atoms with van der Waals surface area (Å²) in [5.74, 6) is -0.816. The van der Waals surface area contributed by atoms with Gasteiger partial charge in [-0.1, -0.05) is 0 Å². The van der Waals surface area contributed by atoms with Crippen LogP contribution >= 0.6 is 0 Å². The first kappa shape index (κ1) is 10.6. The third-order valence-corrected chi connectivity index (χ3v) is 2.57. The minimum atomic E-state index is -0.732. The molecule has 16 heavy (non-hydrogen) atoms. The van der Waals surface area contributed by atoms with Crippen molar-refractivity contribution in [3.8, 4) is 0 Å². The molecule has 0 radical (unpaired) electrons. The normalized spacial score (nSPS) is 19.9. The van der Waals surface area contributed by atoms with Crippen molar-refractivity contribution < 1.29 is 19.5 Å². The molecule has 0 spiro atoms. The summed E-state index contributed by atoms with van der Waals surface area (Å²) < 4.78 is 1.40. The molecular weight excluding hydrogens is 212 g/mol. The summed E-state index contributed by atoms with van der Waals surface area (Å²) in [4.78, 5) is 33.3. The lowest BCUT2D eigenvalue weighted by atomic mass is 10.2. The second-order valence-electron chi connectivity index (χ2n) is 3.53. The molecule has 2 rings (SSSR count). The predicted octanol–water partition coefficient (Wildman–Crippen LogP) is -0.620. The number of hydrogen-bond donors (Lipinski definition) is 2. The number of aliphatic hydroxyl groups is 1. The van der Waals surface area contributed by atoms with Gasteiger partial charge in [0.15, 0.2) is 6.29 Å². The highest BCUT2D eigenvalue weighted by atomic mass is 16.3. The Morgan fingerprint density at radius 1 is 1.50 bits per heavy atom. The van der Waals surface area contributed by atoms with Gasteiger partial charge in [-0.25, -0.2) is 0 Å². The maximum atomic E-state index is 11.5. The van der Waals surface area contributed by atoms with Crippen LogP contribution in [0.4, 0.5) is 0 Å². The smallest absolute Gasteiger partial charge is 0.250 e. The van der Waals surface area contributed by atoms with Crippen LogP contribution in [0.3, 0.4) is 0 Å². The van der Waals surface area contributed by atoms with E-state index in [0.29, 0.717) is 12.0 Å². The SMILES string of the molecule is O=Cc1ccc(CO)n1C1CC(=O)NC1=O. The van der Waals surface area contributed by atoms with Crippen LogP contribution in [0, 0.1) is 0 Å². The Morgan fingerprint density at radius 2 is 2.25 bits per heavy atom. The Morgan fingerprint density at radius 3 is 2.75 bits per heavy atom. The fourth-order valence-corrected chi connectivity index (χ4v) is 1.86. The van der Waals surface area contributed by atoms with E-state index in [1.807, 2.05) is 0 Å². The number of aldehydes is 1. The third-order valence-electron chi connectivity index (χ3n) is 2.57. The molecule has 0 saturated carbocycles. The van der Waals surface area contributed by atoms with E-state index in [4.69, 9.17) is 5.11 Å². The van der Waals surface area contributed by atoms with E-state index < -0.39 is 11.9 Å². The topological polar surface area (TPSA) is 88.4 Å². The van der Waals surface area contributed by atoms with Gasteiger partial charge in [0.25, 0.3) is 0 Å². The van der Waals surface area contributed by atoms with E-state index in [0.717, 1.165) is 0 Å². The molecule has 1 unspecified atom stereocenters. The fraction of sp³-hybridized carbons (Fsp3) is 0.300. The van der Waals surface area contributed by atoms with Crippen molar-refractivity contribution in [3.63, 3.8) is 0 Å². The molecule has 1 aromatic heterocycles. The predicted molar refractivity (Wildman–Crippen MR) is 52.5 cm³/mol. The lowest BCUT2D eigenvalue weighted by molar-refractivity contribution is -0.125. The van der Waals surface area contributed by atoms with Crippen LogP contribution in [0.5, 0.6) is 0 Å². The van der Waals surface area contributed by atoms with Crippen molar-refractivity contribution in [2.24, 2.45) is 0 Å². The summed E-state index contributed by atoms with van der Waals surface area (Å²) in [6.45, 7) is -0.286. The van der Waals surface area contributed by atoms with Gasteiger partial charge >= 0.3 is 0 Å². The monoisotopic (exact) mass is 222 g/mol. The molecule has 6 nitrogen and oxygen atoms in total. The van der Waals surface area contributed by atoms with E-state index >= 15 is 0 Å². The second kappa shape index (κ2) is 3.90. The number of carbonyl (C=O) groups is 3. The summed E-state index contributed by atoms with van der Waals surface area (Å²) in [7, 11) is 0. The maximum Gasteiger partial charge on any atom is 0.250 e. The second-order valence-corrected chi connectivity index (χ2v) is 3.53. The van der Waals surface area contributed by atoms with Crippen LogP contribution < -0.4 is 5.32 Å². The van der Waals surface area contributed by atoms with Crippen LogP contribution in [0.15, 0.2) is 12.1 Å². The van der Waals surface area contributed by atoms with Gasteiger partial charge in [-0.2, -0.15) is 0 Å². The van der Waals surface area contributed by atoms with Crippen molar-refractivity contribution in [2.45, 2.75) is 19.1 Å². The van der Waals surface area contributed by atoms with Crippen molar-refractivity contribution in [1.29, 1.82) is 0 Å². The van der Waals surface area contributed by atoms with E-state index in [1.54, 1.807) is 6.07 Å². The summed E-state index contributed by atoms with van der Waals surface area (Å²) in [5, 5.41) is 11.2. The first-order valence-corrected chi connectivity index (χ1v) is 4.77. The lowest BCUT2D eigenvalue weighted by Gasteiger charge is -2.13. The molecule has 1 saturated heterocycles. The van der Waals surface area contributed by atoms with Gasteiger partial charge in [0, 0.05) is 5.69 Å². The van der Waals surface area contributed by atoms with Gasteiger partial charge in [-0.3, -0.25) is 19.7 Å². The van der Waals surface area contributed by atoms with E-state index in [2.05, 4.69) is 5.32 Å². The van der Waals surface area contributed by atoms with Gasteiger partial charge in [0.05, 0.1) is 18.7 Å². The van der Waals surface area contributed by atoms with E-state index in [9.17, 15) is 14.4 Å². The minimum absolute atomic E-state index is 0.00134. The number of nitrogens with zero attached hydrogens (tertiary/aromatic N) is 1. The number of aliphatic hydroxyl groups excluding tert-OH is 1. The first-order chi connectivity index (χ1) is 7.67. The molecule has 1 aliphatic heterocycles. The van der Waals surface area contributed by atoms with Crippen molar-refractivity contribution in [1.82, 2.24) is 9.88 Å². The number of amides is 2.